The van der Waals surface area contributed by atoms with Crippen molar-refractivity contribution in [1.29, 1.82) is 0 Å². The van der Waals surface area contributed by atoms with Gasteiger partial charge in [-0.15, -0.1) is 37.2 Å². The van der Waals surface area contributed by atoms with Crippen LogP contribution in [0, 0.1) is 0 Å². The molecule has 1 aliphatic carbocycles. The number of piperazine rings is 1. The Bertz CT molecular complexity index is 778. The molecule has 0 unspecified atom stereocenters. The second kappa shape index (κ2) is 11.0. The Balaban J connectivity index is 0.00000140. The zero-order valence-corrected chi connectivity index (χ0v) is 18.9. The average Bonchev–Trinajstić information content (AvgIpc) is 3.40. The predicted octanol–water partition coefficient (Wildman–Crippen LogP) is 3.77. The fourth-order valence-electron chi connectivity index (χ4n) is 3.50. The summed E-state index contributed by atoms with van der Waals surface area (Å²) in [5.74, 6) is 0.410. The second-order valence-electron chi connectivity index (χ2n) is 7.42. The van der Waals surface area contributed by atoms with E-state index in [1.165, 1.54) is 11.3 Å². The number of hydrogen-bond acceptors (Lipinski definition) is 4. The summed E-state index contributed by atoms with van der Waals surface area (Å²) in [6.07, 6.45) is 1.06. The number of carbonyl (C=O) groups excluding carboxylic acids is 1. The van der Waals surface area contributed by atoms with Crippen LogP contribution in [0.4, 0.5) is 11.4 Å². The number of rotatable bonds is 4. The van der Waals surface area contributed by atoms with Crippen molar-refractivity contribution in [2.75, 3.05) is 43.4 Å². The summed E-state index contributed by atoms with van der Waals surface area (Å²) in [6, 6.07) is 16.2. The molecule has 0 radical (unpaired) electrons. The highest BCUT2D eigenvalue weighted by molar-refractivity contribution is 6.04. The normalized spacial score (nSPS) is 20.6. The van der Waals surface area contributed by atoms with Crippen molar-refractivity contribution in [2.24, 2.45) is 5.73 Å². The number of nitrogens with two attached hydrogens (primary N) is 1. The number of nitrogens with one attached hydrogen (secondary N) is 1. The molecule has 3 N–H and O–H groups in total. The van der Waals surface area contributed by atoms with E-state index < -0.39 is 0 Å². The highest BCUT2D eigenvalue weighted by atomic mass is 35.5. The van der Waals surface area contributed by atoms with Crippen LogP contribution in [0.15, 0.2) is 48.5 Å². The van der Waals surface area contributed by atoms with Crippen molar-refractivity contribution >= 4 is 54.5 Å². The topological polar surface area (TPSA) is 61.6 Å². The van der Waals surface area contributed by atoms with Gasteiger partial charge in [0.15, 0.2) is 0 Å². The van der Waals surface area contributed by atoms with E-state index in [4.69, 9.17) is 5.73 Å². The first-order valence-electron chi connectivity index (χ1n) is 9.30. The molecule has 8 heteroatoms. The minimum atomic E-state index is -0.0780. The number of amides is 1. The molecule has 0 bridgehead atoms. The van der Waals surface area contributed by atoms with Crippen molar-refractivity contribution in [1.82, 2.24) is 4.90 Å². The number of nitrogens with zero attached hydrogens (tertiary/aromatic N) is 2. The van der Waals surface area contributed by atoms with E-state index in [9.17, 15) is 4.79 Å². The Labute approximate surface area is 191 Å². The average molecular weight is 460 g/mol. The molecule has 29 heavy (non-hydrogen) atoms. The van der Waals surface area contributed by atoms with Crippen LogP contribution in [-0.2, 0) is 0 Å². The van der Waals surface area contributed by atoms with Crippen molar-refractivity contribution in [3.8, 4) is 0 Å². The van der Waals surface area contributed by atoms with Crippen LogP contribution in [0.5, 0.6) is 0 Å². The summed E-state index contributed by atoms with van der Waals surface area (Å²) in [5.41, 5.74) is 9.82. The summed E-state index contributed by atoms with van der Waals surface area (Å²) in [5, 5.41) is 2.97. The number of hydrogen-bond donors (Lipinski definition) is 2. The molecule has 2 atom stereocenters. The van der Waals surface area contributed by atoms with Gasteiger partial charge in [-0.05, 0) is 55.4 Å². The van der Waals surface area contributed by atoms with Crippen LogP contribution in [0.25, 0.3) is 0 Å². The van der Waals surface area contributed by atoms with Crippen LogP contribution in [0.1, 0.15) is 28.3 Å². The molecule has 1 aliphatic heterocycles. The van der Waals surface area contributed by atoms with Crippen molar-refractivity contribution < 1.29 is 4.79 Å². The minimum Gasteiger partial charge on any atom is -0.369 e. The third-order valence-corrected chi connectivity index (χ3v) is 5.43. The lowest BCUT2D eigenvalue weighted by molar-refractivity contribution is 0.102. The Morgan fingerprint density at radius 3 is 2.00 bits per heavy atom. The fraction of sp³-hybridized carbons (Fsp3) is 0.381. The molecule has 1 saturated heterocycles. The lowest BCUT2D eigenvalue weighted by Crippen LogP contribution is -2.44. The van der Waals surface area contributed by atoms with Gasteiger partial charge in [0.25, 0.3) is 5.91 Å². The van der Waals surface area contributed by atoms with Gasteiger partial charge in [-0.3, -0.25) is 4.79 Å². The standard InChI is InChI=1S/C21H26N4O.3ClH/c1-24-10-12-25(13-11-24)18-8-4-16(5-9-18)21(26)23-17-6-2-15(3-7-17)19-14-20(19)22;;;/h2-9,19-20H,10-14,22H2,1H3,(H,23,26);3*1H/t19-,20+;;;/m0.../s1. The SMILES string of the molecule is CN1CCN(c2ccc(C(=O)Nc3ccc([C@@H]4C[C@H]4N)cc3)cc2)CC1.Cl.Cl.Cl. The van der Waals surface area contributed by atoms with E-state index in [1.54, 1.807) is 0 Å². The highest BCUT2D eigenvalue weighted by Gasteiger charge is 2.34. The Morgan fingerprint density at radius 1 is 0.931 bits per heavy atom. The van der Waals surface area contributed by atoms with Gasteiger partial charge in [-0.1, -0.05) is 12.1 Å². The van der Waals surface area contributed by atoms with E-state index in [0.29, 0.717) is 17.5 Å². The van der Waals surface area contributed by atoms with Crippen LogP contribution < -0.4 is 16.0 Å². The molecule has 1 heterocycles. The van der Waals surface area contributed by atoms with Crippen LogP contribution in [0.3, 0.4) is 0 Å². The molecule has 2 fully saturated rings. The fourth-order valence-corrected chi connectivity index (χ4v) is 3.50. The van der Waals surface area contributed by atoms with Crippen molar-refractivity contribution in [3.63, 3.8) is 0 Å². The molecule has 160 valence electrons. The highest BCUT2D eigenvalue weighted by Crippen LogP contribution is 2.39. The first kappa shape index (κ1) is 25.5. The maximum atomic E-state index is 12.5. The molecule has 2 aromatic carbocycles. The molecule has 2 aliphatic rings. The number of anilines is 2. The molecule has 4 rings (SSSR count). The van der Waals surface area contributed by atoms with Gasteiger partial charge in [0.1, 0.15) is 0 Å². The molecule has 5 nitrogen and oxygen atoms in total. The zero-order chi connectivity index (χ0) is 18.1. The predicted molar refractivity (Wildman–Crippen MR) is 128 cm³/mol. The van der Waals surface area contributed by atoms with Gasteiger partial charge < -0.3 is 20.9 Å². The number of benzene rings is 2. The number of halogens is 3. The molecular weight excluding hydrogens is 431 g/mol. The quantitative estimate of drug-likeness (QED) is 0.730. The van der Waals surface area contributed by atoms with E-state index in [-0.39, 0.29) is 43.1 Å². The first-order chi connectivity index (χ1) is 12.6. The number of likely N-dealkylation sites (N-methyl/N-ethyl adjacent to an activating group) is 1. The third-order valence-electron chi connectivity index (χ3n) is 5.43. The van der Waals surface area contributed by atoms with Crippen LogP contribution in [-0.4, -0.2) is 50.1 Å². The zero-order valence-electron chi connectivity index (χ0n) is 16.4. The maximum absolute atomic E-state index is 12.5. The van der Waals surface area contributed by atoms with E-state index in [0.717, 1.165) is 38.3 Å². The van der Waals surface area contributed by atoms with Gasteiger partial charge in [-0.2, -0.15) is 0 Å². The van der Waals surface area contributed by atoms with E-state index in [2.05, 4.69) is 34.3 Å². The summed E-state index contributed by atoms with van der Waals surface area (Å²) in [6.45, 7) is 4.20. The smallest absolute Gasteiger partial charge is 0.255 e. The first-order valence-corrected chi connectivity index (χ1v) is 9.30. The van der Waals surface area contributed by atoms with Gasteiger partial charge in [0.2, 0.25) is 0 Å². The summed E-state index contributed by atoms with van der Waals surface area (Å²) in [4.78, 5) is 17.2. The Kier molecular flexibility index (Phi) is 9.73. The van der Waals surface area contributed by atoms with Gasteiger partial charge in [0, 0.05) is 55.1 Å². The van der Waals surface area contributed by atoms with Crippen LogP contribution in [0.2, 0.25) is 0 Å². The van der Waals surface area contributed by atoms with Crippen molar-refractivity contribution in [3.05, 3.63) is 59.7 Å². The van der Waals surface area contributed by atoms with Gasteiger partial charge >= 0.3 is 0 Å². The summed E-state index contributed by atoms with van der Waals surface area (Å²) < 4.78 is 0. The van der Waals surface area contributed by atoms with Gasteiger partial charge in [0.05, 0.1) is 0 Å². The second-order valence-corrected chi connectivity index (χ2v) is 7.42. The van der Waals surface area contributed by atoms with Gasteiger partial charge in [-0.25, -0.2) is 0 Å². The summed E-state index contributed by atoms with van der Waals surface area (Å²) >= 11 is 0. The Morgan fingerprint density at radius 2 is 1.48 bits per heavy atom. The van der Waals surface area contributed by atoms with E-state index in [1.807, 2.05) is 36.4 Å². The molecule has 0 spiro atoms. The minimum absolute atomic E-state index is 0. The molecule has 0 aromatic heterocycles. The Hall–Kier alpha value is -1.50. The lowest BCUT2D eigenvalue weighted by Gasteiger charge is -2.34. The van der Waals surface area contributed by atoms with Crippen molar-refractivity contribution in [2.45, 2.75) is 18.4 Å². The lowest BCUT2D eigenvalue weighted by atomic mass is 10.1. The largest absolute Gasteiger partial charge is 0.369 e. The molecule has 2 aromatic rings. The van der Waals surface area contributed by atoms with Crippen LogP contribution >= 0.6 is 37.2 Å². The molecule has 1 saturated carbocycles. The third kappa shape index (κ3) is 6.24. The summed E-state index contributed by atoms with van der Waals surface area (Å²) in [7, 11) is 2.15. The molecule has 1 amide bonds. The monoisotopic (exact) mass is 458 g/mol. The number of carbonyl (C=O) groups is 1. The molecular formula is C21H29Cl3N4O. The van der Waals surface area contributed by atoms with E-state index >= 15 is 0 Å². The maximum Gasteiger partial charge on any atom is 0.255 e.